The van der Waals surface area contributed by atoms with Crippen molar-refractivity contribution < 1.29 is 19.1 Å². The summed E-state index contributed by atoms with van der Waals surface area (Å²) in [5.74, 6) is -0.357. The van der Waals surface area contributed by atoms with Gasteiger partial charge in [-0.3, -0.25) is 19.3 Å². The molecular weight excluding hydrogens is 456 g/mol. The molecule has 3 amide bonds. The van der Waals surface area contributed by atoms with Crippen LogP contribution in [-0.2, 0) is 16.0 Å². The molecule has 0 saturated carbocycles. The number of imide groups is 1. The summed E-state index contributed by atoms with van der Waals surface area (Å²) in [4.78, 5) is 38.4. The van der Waals surface area contributed by atoms with E-state index >= 15 is 0 Å². The van der Waals surface area contributed by atoms with Crippen LogP contribution in [0.3, 0.4) is 0 Å². The van der Waals surface area contributed by atoms with E-state index in [9.17, 15) is 14.4 Å². The highest BCUT2D eigenvalue weighted by molar-refractivity contribution is 9.10. The van der Waals surface area contributed by atoms with Crippen molar-refractivity contribution in [3.63, 3.8) is 0 Å². The quantitative estimate of drug-likeness (QED) is 0.614. The molecule has 1 heterocycles. The van der Waals surface area contributed by atoms with E-state index in [0.717, 1.165) is 33.1 Å². The van der Waals surface area contributed by atoms with E-state index < -0.39 is 17.1 Å². The summed E-state index contributed by atoms with van der Waals surface area (Å²) in [5.41, 5.74) is 2.43. The van der Waals surface area contributed by atoms with E-state index in [1.54, 1.807) is 30.3 Å². The maximum absolute atomic E-state index is 12.7. The topological polar surface area (TPSA) is 75.7 Å². The molecule has 1 N–H and O–H groups in total. The van der Waals surface area contributed by atoms with Crippen LogP contribution in [0.5, 0.6) is 5.75 Å². The van der Waals surface area contributed by atoms with Gasteiger partial charge in [0.1, 0.15) is 12.3 Å². The van der Waals surface area contributed by atoms with Gasteiger partial charge < -0.3 is 10.1 Å². The van der Waals surface area contributed by atoms with Gasteiger partial charge in [0.2, 0.25) is 5.91 Å². The van der Waals surface area contributed by atoms with Crippen LogP contribution in [0, 0.1) is 0 Å². The number of halogens is 1. The number of hydrogen-bond donors (Lipinski definition) is 1. The van der Waals surface area contributed by atoms with E-state index in [2.05, 4.69) is 21.2 Å². The van der Waals surface area contributed by atoms with E-state index in [4.69, 9.17) is 4.74 Å². The molecule has 29 heavy (non-hydrogen) atoms. The molecule has 1 aliphatic rings. The second kappa shape index (κ2) is 9.28. The molecular formula is C21H19BrN2O4S. The number of nitrogens with one attached hydrogen (secondary N) is 1. The number of carbonyl (C=O) groups is 3. The lowest BCUT2D eigenvalue weighted by atomic mass is 10.1. The number of carbonyl (C=O) groups excluding carboxylic acids is 3. The molecule has 1 aliphatic heterocycles. The lowest BCUT2D eigenvalue weighted by Crippen LogP contribution is -2.36. The third kappa shape index (κ3) is 5.07. The summed E-state index contributed by atoms with van der Waals surface area (Å²) < 4.78 is 6.12. The molecule has 0 aromatic heterocycles. The van der Waals surface area contributed by atoms with Crippen molar-refractivity contribution in [2.24, 2.45) is 0 Å². The first kappa shape index (κ1) is 21.1. The number of methoxy groups -OCH3 is 1. The Morgan fingerprint density at radius 2 is 1.93 bits per heavy atom. The second-order valence-electron chi connectivity index (χ2n) is 6.25. The summed E-state index contributed by atoms with van der Waals surface area (Å²) in [6.45, 7) is 1.71. The van der Waals surface area contributed by atoms with Crippen LogP contribution in [0.2, 0.25) is 0 Å². The van der Waals surface area contributed by atoms with Gasteiger partial charge in [0.15, 0.2) is 0 Å². The van der Waals surface area contributed by atoms with Crippen molar-refractivity contribution >= 4 is 56.5 Å². The van der Waals surface area contributed by atoms with Crippen LogP contribution < -0.4 is 10.1 Å². The first-order valence-corrected chi connectivity index (χ1v) is 10.5. The summed E-state index contributed by atoms with van der Waals surface area (Å²) in [6, 6.07) is 12.8. The molecule has 2 aromatic carbocycles. The predicted molar refractivity (Wildman–Crippen MR) is 118 cm³/mol. The number of nitrogens with zero attached hydrogens (tertiary/aromatic N) is 1. The number of thioether (sulfide) groups is 1. The van der Waals surface area contributed by atoms with E-state index in [0.29, 0.717) is 17.0 Å². The molecule has 1 fully saturated rings. The fourth-order valence-corrected chi connectivity index (χ4v) is 3.97. The van der Waals surface area contributed by atoms with Crippen LogP contribution in [0.4, 0.5) is 10.5 Å². The molecule has 3 rings (SSSR count). The lowest BCUT2D eigenvalue weighted by molar-refractivity contribution is -0.127. The minimum atomic E-state index is -0.501. The van der Waals surface area contributed by atoms with E-state index in [-0.39, 0.29) is 11.4 Å². The Hall–Kier alpha value is -2.58. The molecule has 0 spiro atoms. The zero-order valence-electron chi connectivity index (χ0n) is 15.9. The smallest absolute Gasteiger partial charge is 0.294 e. The molecule has 0 unspecified atom stereocenters. The summed E-state index contributed by atoms with van der Waals surface area (Å²) in [7, 11) is 1.53. The van der Waals surface area contributed by atoms with Gasteiger partial charge in [-0.25, -0.2) is 0 Å². The Morgan fingerprint density at radius 1 is 1.21 bits per heavy atom. The summed E-state index contributed by atoms with van der Waals surface area (Å²) >= 11 is 4.18. The number of aryl methyl sites for hydroxylation is 1. The molecule has 6 nitrogen and oxygen atoms in total. The standard InChI is InChI=1S/C21H19BrN2O4S/c1-3-13-4-7-16(8-5-13)23-19(25)12-24-20(26)18(29-21(24)27)11-14-10-15(22)6-9-17(14)28-2/h4-11H,3,12H2,1-2H3,(H,23,25)/b18-11+. The van der Waals surface area contributed by atoms with Crippen molar-refractivity contribution in [3.8, 4) is 5.75 Å². The highest BCUT2D eigenvalue weighted by Crippen LogP contribution is 2.34. The minimum Gasteiger partial charge on any atom is -0.496 e. The van der Waals surface area contributed by atoms with Crippen LogP contribution in [0.1, 0.15) is 18.1 Å². The third-order valence-corrected chi connectivity index (χ3v) is 5.70. The fourth-order valence-electron chi connectivity index (χ4n) is 2.76. The van der Waals surface area contributed by atoms with Crippen LogP contribution >= 0.6 is 27.7 Å². The van der Waals surface area contributed by atoms with Crippen molar-refractivity contribution in [3.05, 3.63) is 63.0 Å². The van der Waals surface area contributed by atoms with Crippen molar-refractivity contribution in [1.82, 2.24) is 4.90 Å². The maximum atomic E-state index is 12.7. The van der Waals surface area contributed by atoms with Gasteiger partial charge in [0, 0.05) is 15.7 Å². The molecule has 0 atom stereocenters. The molecule has 0 aliphatic carbocycles. The van der Waals surface area contributed by atoms with Crippen LogP contribution in [0.25, 0.3) is 6.08 Å². The SMILES string of the molecule is CCc1ccc(NC(=O)CN2C(=O)S/C(=C/c3cc(Br)ccc3OC)C2=O)cc1. The number of rotatable bonds is 6. The van der Waals surface area contributed by atoms with Gasteiger partial charge in [0.05, 0.1) is 12.0 Å². The number of ether oxygens (including phenoxy) is 1. The average molecular weight is 475 g/mol. The van der Waals surface area contributed by atoms with E-state index in [1.807, 2.05) is 25.1 Å². The minimum absolute atomic E-state index is 0.242. The summed E-state index contributed by atoms with van der Waals surface area (Å²) in [6.07, 6.45) is 2.50. The third-order valence-electron chi connectivity index (χ3n) is 4.30. The maximum Gasteiger partial charge on any atom is 0.294 e. The lowest BCUT2D eigenvalue weighted by Gasteiger charge is -2.12. The van der Waals surface area contributed by atoms with Gasteiger partial charge >= 0.3 is 0 Å². The molecule has 1 saturated heterocycles. The Bertz CT molecular complexity index is 989. The van der Waals surface area contributed by atoms with Gasteiger partial charge in [-0.05, 0) is 60.2 Å². The Kier molecular flexibility index (Phi) is 6.76. The number of anilines is 1. The zero-order chi connectivity index (χ0) is 21.0. The van der Waals surface area contributed by atoms with Crippen LogP contribution in [-0.4, -0.2) is 35.6 Å². The normalized spacial score (nSPS) is 15.1. The van der Waals surface area contributed by atoms with Gasteiger partial charge in [-0.1, -0.05) is 35.0 Å². The van der Waals surface area contributed by atoms with E-state index in [1.165, 1.54) is 7.11 Å². The highest BCUT2D eigenvalue weighted by Gasteiger charge is 2.36. The zero-order valence-corrected chi connectivity index (χ0v) is 18.3. The first-order valence-electron chi connectivity index (χ1n) is 8.89. The number of hydrogen-bond acceptors (Lipinski definition) is 5. The Morgan fingerprint density at radius 3 is 2.59 bits per heavy atom. The number of amides is 3. The van der Waals surface area contributed by atoms with Crippen molar-refractivity contribution in [2.45, 2.75) is 13.3 Å². The largest absolute Gasteiger partial charge is 0.496 e. The van der Waals surface area contributed by atoms with Crippen LogP contribution in [0.15, 0.2) is 51.8 Å². The average Bonchev–Trinajstić information content (AvgIpc) is 2.96. The molecule has 0 bridgehead atoms. The second-order valence-corrected chi connectivity index (χ2v) is 8.16. The Labute approximate surface area is 181 Å². The monoisotopic (exact) mass is 474 g/mol. The molecule has 150 valence electrons. The number of benzene rings is 2. The summed E-state index contributed by atoms with van der Waals surface area (Å²) in [5, 5.41) is 2.23. The van der Waals surface area contributed by atoms with Gasteiger partial charge in [-0.15, -0.1) is 0 Å². The highest BCUT2D eigenvalue weighted by atomic mass is 79.9. The predicted octanol–water partition coefficient (Wildman–Crippen LogP) is 4.70. The van der Waals surface area contributed by atoms with Crippen molar-refractivity contribution in [2.75, 3.05) is 19.0 Å². The molecule has 0 radical (unpaired) electrons. The van der Waals surface area contributed by atoms with Gasteiger partial charge in [0.25, 0.3) is 11.1 Å². The van der Waals surface area contributed by atoms with Gasteiger partial charge in [-0.2, -0.15) is 0 Å². The molecule has 2 aromatic rings. The van der Waals surface area contributed by atoms with Crippen molar-refractivity contribution in [1.29, 1.82) is 0 Å². The fraction of sp³-hybridized carbons (Fsp3) is 0.190. The molecule has 8 heteroatoms. The Balaban J connectivity index is 1.71. The first-order chi connectivity index (χ1) is 13.9.